The Morgan fingerprint density at radius 3 is 2.15 bits per heavy atom. The van der Waals surface area contributed by atoms with Gasteiger partial charge in [-0.15, -0.1) is 0 Å². The molecule has 4 heterocycles. The summed E-state index contributed by atoms with van der Waals surface area (Å²) in [6, 6.07) is 30.0. The minimum Gasteiger partial charge on any atom is -0.407 e. The second kappa shape index (κ2) is 15.3. The number of rotatable bonds is 11. The van der Waals surface area contributed by atoms with Gasteiger partial charge in [-0.05, 0) is 59.3 Å². The van der Waals surface area contributed by atoms with Crippen LogP contribution in [0.4, 0.5) is 0 Å². The Labute approximate surface area is 316 Å². The van der Waals surface area contributed by atoms with Crippen LogP contribution >= 0.6 is 0 Å². The molecule has 3 fully saturated rings. The molecule has 0 N–H and O–H groups in total. The van der Waals surface area contributed by atoms with Crippen LogP contribution in [-0.4, -0.2) is 71.9 Å². The molecule has 7 rings (SSSR count). The van der Waals surface area contributed by atoms with E-state index in [1.165, 1.54) is 10.4 Å². The maximum atomic E-state index is 14.4. The maximum Gasteiger partial charge on any atom is 0.261 e. The molecule has 3 saturated heterocycles. The van der Waals surface area contributed by atoms with Gasteiger partial charge in [-0.3, -0.25) is 0 Å². The third kappa shape index (κ3) is 7.29. The summed E-state index contributed by atoms with van der Waals surface area (Å²) in [5.74, 6) is -2.96. The maximum absolute atomic E-state index is 14.4. The van der Waals surface area contributed by atoms with E-state index in [0.717, 1.165) is 12.8 Å². The Kier molecular flexibility index (Phi) is 11.1. The van der Waals surface area contributed by atoms with Crippen molar-refractivity contribution in [2.45, 2.75) is 118 Å². The van der Waals surface area contributed by atoms with E-state index < -0.39 is 41.3 Å². The molecule has 8 nitrogen and oxygen atoms in total. The first-order chi connectivity index (χ1) is 25.4. The van der Waals surface area contributed by atoms with Crippen molar-refractivity contribution in [3.05, 3.63) is 115 Å². The van der Waals surface area contributed by atoms with Crippen molar-refractivity contribution in [3.8, 4) is 0 Å². The second-order valence-corrected chi connectivity index (χ2v) is 22.4. The second-order valence-electron chi connectivity index (χ2n) is 15.9. The Morgan fingerprint density at radius 1 is 0.887 bits per heavy atom. The first-order valence-corrected chi connectivity index (χ1v) is 22.5. The molecule has 8 atom stereocenters. The van der Waals surface area contributed by atoms with Gasteiger partial charge in [0.25, 0.3) is 8.32 Å². The molecule has 0 unspecified atom stereocenters. The zero-order valence-electron chi connectivity index (χ0n) is 31.6. The number of ether oxygens (including phenoxy) is 5. The lowest BCUT2D eigenvalue weighted by Crippen LogP contribution is -2.66. The van der Waals surface area contributed by atoms with E-state index in [2.05, 4.69) is 93.6 Å². The molecule has 3 aromatic rings. The fourth-order valence-corrected chi connectivity index (χ4v) is 15.6. The lowest BCUT2D eigenvalue weighted by molar-refractivity contribution is -0.354. The fraction of sp³-hybridized carbons (Fsp3) is 0.488. The number of fused-ring (bicyclic) bond motifs is 1. The predicted molar refractivity (Wildman–Crippen MR) is 208 cm³/mol. The van der Waals surface area contributed by atoms with Crippen molar-refractivity contribution in [2.24, 2.45) is 5.92 Å². The number of methoxy groups -OCH3 is 1. The molecule has 10 heteroatoms. The van der Waals surface area contributed by atoms with E-state index >= 15 is 0 Å². The lowest BCUT2D eigenvalue weighted by Gasteiger charge is -2.47. The third-order valence-corrected chi connectivity index (χ3v) is 18.6. The van der Waals surface area contributed by atoms with E-state index in [9.17, 15) is 8.42 Å². The smallest absolute Gasteiger partial charge is 0.261 e. The topological polar surface area (TPSA) is 89.5 Å². The van der Waals surface area contributed by atoms with Crippen molar-refractivity contribution < 1.29 is 36.5 Å². The van der Waals surface area contributed by atoms with Gasteiger partial charge in [-0.2, -0.15) is 0 Å². The SMILES string of the molecule is CO[C@H]1C[C@@H]2O[C@@]3(O[C@]4(C=CC[C@@H](/C=C/CCCO[Si](c5ccccc5)(c5ccccc5)C(C)(C)C)O4)C[C@@H]3S(=O)(=O)c3ccccc3)[C@@H](C)C[C@@H]2O1. The average Bonchev–Trinajstić information content (AvgIpc) is 3.70. The van der Waals surface area contributed by atoms with Crippen LogP contribution in [-0.2, 0) is 37.9 Å². The summed E-state index contributed by atoms with van der Waals surface area (Å²) < 4.78 is 68.0. The van der Waals surface area contributed by atoms with Gasteiger partial charge in [-0.25, -0.2) is 8.42 Å². The Balaban J connectivity index is 1.06. The quantitative estimate of drug-likeness (QED) is 0.117. The van der Waals surface area contributed by atoms with Crippen LogP contribution < -0.4 is 10.4 Å². The summed E-state index contributed by atoms with van der Waals surface area (Å²) in [5, 5.41) is 1.48. The van der Waals surface area contributed by atoms with Crippen molar-refractivity contribution in [2.75, 3.05) is 13.7 Å². The summed E-state index contributed by atoms with van der Waals surface area (Å²) in [6.45, 7) is 9.50. The first-order valence-electron chi connectivity index (χ1n) is 19.0. The van der Waals surface area contributed by atoms with E-state index in [4.69, 9.17) is 28.1 Å². The minimum atomic E-state index is -3.88. The number of sulfone groups is 1. The number of hydrogen-bond acceptors (Lipinski definition) is 8. The molecule has 3 aromatic carbocycles. The Bertz CT molecular complexity index is 1810. The van der Waals surface area contributed by atoms with Gasteiger partial charge in [0.2, 0.25) is 0 Å². The third-order valence-electron chi connectivity index (χ3n) is 11.4. The molecule has 0 saturated carbocycles. The van der Waals surface area contributed by atoms with Crippen molar-refractivity contribution in [3.63, 3.8) is 0 Å². The summed E-state index contributed by atoms with van der Waals surface area (Å²) in [5.41, 5.74) is 0. The fourth-order valence-electron chi connectivity index (χ4n) is 8.88. The highest BCUT2D eigenvalue weighted by Crippen LogP contribution is 2.55. The lowest BCUT2D eigenvalue weighted by atomic mass is 9.86. The summed E-state index contributed by atoms with van der Waals surface area (Å²) >= 11 is 0. The van der Waals surface area contributed by atoms with Crippen LogP contribution in [0.5, 0.6) is 0 Å². The minimum absolute atomic E-state index is 0.0800. The zero-order valence-corrected chi connectivity index (χ0v) is 33.4. The van der Waals surface area contributed by atoms with Crippen LogP contribution in [0.25, 0.3) is 0 Å². The number of unbranched alkanes of at least 4 members (excludes halogenated alkanes) is 1. The molecule has 0 amide bonds. The molecule has 4 aliphatic heterocycles. The number of hydrogen-bond donors (Lipinski definition) is 0. The standard InChI is InChI=1S/C43H54O8SSi/c1-32-29-37-38(30-40(46-5)48-37)50-43(32)39(52(44,45)34-21-11-6-12-22-34)31-42(51-43)27-18-20-33(49-42)19-10-9-17-28-47-53(41(2,3)4,35-23-13-7-14-24-35)36-25-15-8-16-26-36/h6-8,10-16,18-19,21-27,32-33,37-40H,9,17,20,28-31H2,1-5H3/b19-10+/t32-,33+,37-,38-,39-,40+,42+,43+/m0/s1. The molecular formula is C43H54O8SSi. The molecular weight excluding hydrogens is 705 g/mol. The van der Waals surface area contributed by atoms with Crippen molar-refractivity contribution in [1.29, 1.82) is 0 Å². The Morgan fingerprint density at radius 2 is 1.53 bits per heavy atom. The van der Waals surface area contributed by atoms with Gasteiger partial charge >= 0.3 is 0 Å². The van der Waals surface area contributed by atoms with Crippen LogP contribution in [0, 0.1) is 5.92 Å². The van der Waals surface area contributed by atoms with Gasteiger partial charge in [0.1, 0.15) is 5.25 Å². The zero-order chi connectivity index (χ0) is 37.3. The highest BCUT2D eigenvalue weighted by Gasteiger charge is 2.68. The number of allylic oxidation sites excluding steroid dienone is 1. The van der Waals surface area contributed by atoms with E-state index in [0.29, 0.717) is 25.9 Å². The van der Waals surface area contributed by atoms with Crippen LogP contribution in [0.1, 0.15) is 66.2 Å². The van der Waals surface area contributed by atoms with Gasteiger partial charge in [0.05, 0.1) is 23.2 Å². The monoisotopic (exact) mass is 758 g/mol. The van der Waals surface area contributed by atoms with Gasteiger partial charge in [0, 0.05) is 32.5 Å². The summed E-state index contributed by atoms with van der Waals surface area (Å²) in [4.78, 5) is 0.247. The Hall–Kier alpha value is -2.93. The van der Waals surface area contributed by atoms with Gasteiger partial charge in [0.15, 0.2) is 27.7 Å². The molecule has 0 aromatic heterocycles. The van der Waals surface area contributed by atoms with Crippen LogP contribution in [0.3, 0.4) is 0 Å². The van der Waals surface area contributed by atoms with E-state index in [1.54, 1.807) is 31.4 Å². The molecule has 284 valence electrons. The molecule has 2 spiro atoms. The molecule has 4 aliphatic rings. The molecule has 0 aliphatic carbocycles. The van der Waals surface area contributed by atoms with Crippen LogP contribution in [0.2, 0.25) is 5.04 Å². The highest BCUT2D eigenvalue weighted by molar-refractivity contribution is 7.92. The van der Waals surface area contributed by atoms with Gasteiger partial charge in [-0.1, -0.05) is 125 Å². The van der Waals surface area contributed by atoms with Crippen molar-refractivity contribution >= 4 is 28.5 Å². The molecule has 0 bridgehead atoms. The van der Waals surface area contributed by atoms with E-state index in [-0.39, 0.29) is 40.6 Å². The molecule has 53 heavy (non-hydrogen) atoms. The van der Waals surface area contributed by atoms with Crippen molar-refractivity contribution in [1.82, 2.24) is 0 Å². The van der Waals surface area contributed by atoms with Gasteiger partial charge < -0.3 is 28.1 Å². The predicted octanol–water partition coefficient (Wildman–Crippen LogP) is 7.09. The molecule has 0 radical (unpaired) electrons. The summed E-state index contributed by atoms with van der Waals surface area (Å²) in [7, 11) is -4.86. The summed E-state index contributed by atoms with van der Waals surface area (Å²) in [6.07, 6.45) is 10.5. The number of benzene rings is 3. The highest BCUT2D eigenvalue weighted by atomic mass is 32.2. The van der Waals surface area contributed by atoms with E-state index in [1.807, 2.05) is 25.1 Å². The van der Waals surface area contributed by atoms with Crippen LogP contribution in [0.15, 0.2) is 120 Å². The normalized spacial score (nSPS) is 31.8. The first kappa shape index (κ1) is 38.3. The largest absolute Gasteiger partial charge is 0.407 e. The average molecular weight is 759 g/mol.